The van der Waals surface area contributed by atoms with Gasteiger partial charge in [0.15, 0.2) is 0 Å². The van der Waals surface area contributed by atoms with Crippen molar-refractivity contribution in [2.75, 3.05) is 0 Å². The third-order valence-corrected chi connectivity index (χ3v) is 10.1. The highest BCUT2D eigenvalue weighted by molar-refractivity contribution is 6.19. The molecule has 222 valence electrons. The van der Waals surface area contributed by atoms with Gasteiger partial charge in [-0.3, -0.25) is 4.57 Å². The van der Waals surface area contributed by atoms with Gasteiger partial charge in [0.1, 0.15) is 0 Å². The summed E-state index contributed by atoms with van der Waals surface area (Å²) >= 11 is 0. The fraction of sp³-hybridized carbons (Fsp3) is 0.0698. The van der Waals surface area contributed by atoms with E-state index in [2.05, 4.69) is 169 Å². The monoisotopic (exact) mass is 602 g/mol. The molecule has 3 heterocycles. The average Bonchev–Trinajstić information content (AvgIpc) is 3.70. The quantitative estimate of drug-likeness (QED) is 0.202. The smallest absolute Gasteiger partial charge is 0.235 e. The first-order valence-corrected chi connectivity index (χ1v) is 16.2. The summed E-state index contributed by atoms with van der Waals surface area (Å²) in [5.41, 5.74) is 12.2. The second kappa shape index (κ2) is 9.51. The van der Waals surface area contributed by atoms with Crippen LogP contribution in [0.5, 0.6) is 0 Å². The zero-order valence-corrected chi connectivity index (χ0v) is 26.1. The summed E-state index contributed by atoms with van der Waals surface area (Å²) in [6.07, 6.45) is 0. The van der Waals surface area contributed by atoms with E-state index in [1.54, 1.807) is 0 Å². The minimum absolute atomic E-state index is 0.237. The van der Waals surface area contributed by atoms with Crippen LogP contribution >= 0.6 is 0 Å². The fourth-order valence-corrected chi connectivity index (χ4v) is 8.01. The van der Waals surface area contributed by atoms with Gasteiger partial charge in [0.2, 0.25) is 5.95 Å². The van der Waals surface area contributed by atoms with E-state index in [-0.39, 0.29) is 5.41 Å². The standard InChI is InChI=1S/C43H30N4/c1-43(2)34-22-12-9-21-31(34)41-39(43)40(27-15-5-3-6-16-27)44-42(45-41)47-36-24-14-11-20-30(36)33-25-32-29-19-10-13-23-35(29)46(37(32)26-38(33)47)28-17-7-4-8-18-28/h3-26H,1-2H3. The van der Waals surface area contributed by atoms with Crippen LogP contribution in [0.25, 0.3) is 77.8 Å². The van der Waals surface area contributed by atoms with Crippen LogP contribution in [0.1, 0.15) is 25.0 Å². The Morgan fingerprint density at radius 2 is 1.02 bits per heavy atom. The van der Waals surface area contributed by atoms with Crippen LogP contribution in [-0.4, -0.2) is 19.1 Å². The molecule has 0 saturated heterocycles. The van der Waals surface area contributed by atoms with Gasteiger partial charge in [-0.05, 0) is 42.0 Å². The van der Waals surface area contributed by atoms with E-state index in [0.717, 1.165) is 39.2 Å². The molecule has 0 fully saturated rings. The van der Waals surface area contributed by atoms with Gasteiger partial charge in [-0.1, -0.05) is 123 Å². The number of aromatic nitrogens is 4. The van der Waals surface area contributed by atoms with Crippen molar-refractivity contribution in [3.63, 3.8) is 0 Å². The highest BCUT2D eigenvalue weighted by atomic mass is 15.2. The largest absolute Gasteiger partial charge is 0.309 e. The Morgan fingerprint density at radius 3 is 1.74 bits per heavy atom. The maximum atomic E-state index is 5.48. The SMILES string of the molecule is CC1(C)c2ccccc2-c2nc(-n3c4ccccc4c4cc5c6ccccc6n(-c6ccccc6)c5cc43)nc(-c3ccccc3)c21. The topological polar surface area (TPSA) is 35.6 Å². The lowest BCUT2D eigenvalue weighted by molar-refractivity contribution is 0.657. The minimum atomic E-state index is -0.237. The van der Waals surface area contributed by atoms with E-state index in [4.69, 9.17) is 9.97 Å². The number of para-hydroxylation sites is 3. The molecule has 0 atom stereocenters. The Balaban J connectivity index is 1.36. The van der Waals surface area contributed by atoms with Crippen LogP contribution in [0.15, 0.2) is 146 Å². The Morgan fingerprint density at radius 1 is 0.468 bits per heavy atom. The molecule has 0 saturated carbocycles. The molecule has 0 spiro atoms. The molecule has 10 rings (SSSR count). The molecule has 0 radical (unpaired) electrons. The van der Waals surface area contributed by atoms with Crippen molar-refractivity contribution in [3.8, 4) is 34.2 Å². The highest BCUT2D eigenvalue weighted by Crippen LogP contribution is 2.51. The van der Waals surface area contributed by atoms with E-state index < -0.39 is 0 Å². The van der Waals surface area contributed by atoms with Crippen LogP contribution in [0, 0.1) is 0 Å². The Labute approximate surface area is 272 Å². The number of benzene rings is 6. The maximum Gasteiger partial charge on any atom is 0.235 e. The van der Waals surface area contributed by atoms with Crippen molar-refractivity contribution in [2.45, 2.75) is 19.3 Å². The molecule has 4 heteroatoms. The molecule has 0 bridgehead atoms. The molecular formula is C43H30N4. The van der Waals surface area contributed by atoms with Crippen LogP contribution in [-0.2, 0) is 5.41 Å². The number of rotatable bonds is 3. The van der Waals surface area contributed by atoms with Crippen molar-refractivity contribution in [1.29, 1.82) is 0 Å². The molecule has 9 aromatic rings. The summed E-state index contributed by atoms with van der Waals surface area (Å²) in [5.74, 6) is 0.683. The molecule has 4 nitrogen and oxygen atoms in total. The third-order valence-electron chi connectivity index (χ3n) is 10.1. The lowest BCUT2D eigenvalue weighted by Crippen LogP contribution is -2.18. The molecule has 0 N–H and O–H groups in total. The predicted octanol–water partition coefficient (Wildman–Crippen LogP) is 10.6. The van der Waals surface area contributed by atoms with Gasteiger partial charge in [0, 0.05) is 49.3 Å². The Hall–Kier alpha value is -6.00. The summed E-state index contributed by atoms with van der Waals surface area (Å²) in [4.78, 5) is 11.0. The van der Waals surface area contributed by atoms with Crippen molar-refractivity contribution in [1.82, 2.24) is 19.1 Å². The molecule has 0 aliphatic heterocycles. The zero-order valence-electron chi connectivity index (χ0n) is 26.1. The molecule has 47 heavy (non-hydrogen) atoms. The highest BCUT2D eigenvalue weighted by Gasteiger charge is 2.40. The molecule has 6 aromatic carbocycles. The maximum absolute atomic E-state index is 5.48. The molecule has 0 amide bonds. The molecule has 1 aliphatic carbocycles. The predicted molar refractivity (Wildman–Crippen MR) is 194 cm³/mol. The number of hydrogen-bond acceptors (Lipinski definition) is 2. The van der Waals surface area contributed by atoms with Gasteiger partial charge in [-0.25, -0.2) is 9.97 Å². The van der Waals surface area contributed by atoms with Crippen molar-refractivity contribution >= 4 is 43.6 Å². The average molecular weight is 603 g/mol. The second-order valence-corrected chi connectivity index (χ2v) is 13.1. The lowest BCUT2D eigenvalue weighted by Gasteiger charge is -2.24. The fourth-order valence-electron chi connectivity index (χ4n) is 8.01. The Kier molecular flexibility index (Phi) is 5.31. The summed E-state index contributed by atoms with van der Waals surface area (Å²) in [6.45, 7) is 4.60. The number of hydrogen-bond donors (Lipinski definition) is 0. The van der Waals surface area contributed by atoms with Crippen molar-refractivity contribution in [2.24, 2.45) is 0 Å². The van der Waals surface area contributed by atoms with Gasteiger partial charge < -0.3 is 4.57 Å². The van der Waals surface area contributed by atoms with Gasteiger partial charge in [-0.2, -0.15) is 0 Å². The summed E-state index contributed by atoms with van der Waals surface area (Å²) < 4.78 is 4.65. The summed E-state index contributed by atoms with van der Waals surface area (Å²) in [7, 11) is 0. The second-order valence-electron chi connectivity index (χ2n) is 13.1. The first-order chi connectivity index (χ1) is 23.1. The van der Waals surface area contributed by atoms with Gasteiger partial charge in [0.05, 0.1) is 33.5 Å². The van der Waals surface area contributed by atoms with E-state index in [1.807, 2.05) is 0 Å². The zero-order chi connectivity index (χ0) is 31.3. The van der Waals surface area contributed by atoms with Crippen LogP contribution < -0.4 is 0 Å². The Bertz CT molecular complexity index is 2700. The first kappa shape index (κ1) is 26.2. The normalized spacial score (nSPS) is 13.5. The summed E-state index contributed by atoms with van der Waals surface area (Å²) in [5, 5.41) is 4.85. The number of nitrogens with zero attached hydrogens (tertiary/aromatic N) is 4. The lowest BCUT2D eigenvalue weighted by atomic mass is 9.81. The van der Waals surface area contributed by atoms with Crippen molar-refractivity contribution in [3.05, 3.63) is 157 Å². The van der Waals surface area contributed by atoms with Gasteiger partial charge in [0.25, 0.3) is 0 Å². The molecule has 3 aromatic heterocycles. The van der Waals surface area contributed by atoms with Gasteiger partial charge >= 0.3 is 0 Å². The first-order valence-electron chi connectivity index (χ1n) is 16.2. The van der Waals surface area contributed by atoms with Gasteiger partial charge in [-0.15, -0.1) is 0 Å². The van der Waals surface area contributed by atoms with E-state index >= 15 is 0 Å². The van der Waals surface area contributed by atoms with Crippen LogP contribution in [0.2, 0.25) is 0 Å². The third kappa shape index (κ3) is 3.58. The molecule has 1 aliphatic rings. The van der Waals surface area contributed by atoms with E-state index in [9.17, 15) is 0 Å². The van der Waals surface area contributed by atoms with Crippen LogP contribution in [0.4, 0.5) is 0 Å². The van der Waals surface area contributed by atoms with E-state index in [1.165, 1.54) is 43.8 Å². The minimum Gasteiger partial charge on any atom is -0.309 e. The molecular weight excluding hydrogens is 573 g/mol. The summed E-state index contributed by atoms with van der Waals surface area (Å²) in [6, 6.07) is 52.0. The van der Waals surface area contributed by atoms with Crippen molar-refractivity contribution < 1.29 is 0 Å². The van der Waals surface area contributed by atoms with E-state index in [0.29, 0.717) is 5.95 Å². The number of fused-ring (bicyclic) bond motifs is 9. The van der Waals surface area contributed by atoms with Crippen LogP contribution in [0.3, 0.4) is 0 Å². The molecule has 0 unspecified atom stereocenters.